The van der Waals surface area contributed by atoms with Crippen LogP contribution in [0.3, 0.4) is 0 Å². The summed E-state index contributed by atoms with van der Waals surface area (Å²) < 4.78 is 17.3. The highest BCUT2D eigenvalue weighted by Gasteiger charge is 2.35. The van der Waals surface area contributed by atoms with Gasteiger partial charge in [0, 0.05) is 24.6 Å². The lowest BCUT2D eigenvalue weighted by Gasteiger charge is -2.37. The van der Waals surface area contributed by atoms with Gasteiger partial charge in [0.05, 0.1) is 18.4 Å². The van der Waals surface area contributed by atoms with E-state index < -0.39 is 0 Å². The van der Waals surface area contributed by atoms with Gasteiger partial charge in [-0.2, -0.15) is 0 Å². The van der Waals surface area contributed by atoms with Crippen LogP contribution in [-0.4, -0.2) is 60.6 Å². The van der Waals surface area contributed by atoms with Gasteiger partial charge in [0.1, 0.15) is 18.9 Å². The summed E-state index contributed by atoms with van der Waals surface area (Å²) in [5.41, 5.74) is 2.39. The minimum atomic E-state index is -0.292. The second-order valence-electron chi connectivity index (χ2n) is 9.98. The summed E-state index contributed by atoms with van der Waals surface area (Å²) in [6, 6.07) is 13.3. The number of carbonyl (C=O) groups excluding carboxylic acids is 2. The zero-order valence-corrected chi connectivity index (χ0v) is 22.2. The van der Waals surface area contributed by atoms with Crippen LogP contribution in [-0.2, 0) is 16.0 Å². The average Bonchev–Trinajstić information content (AvgIpc) is 3.69. The molecule has 5 rings (SSSR count). The molecule has 0 N–H and O–H groups in total. The number of ether oxygens (including phenoxy) is 2. The van der Waals surface area contributed by atoms with Gasteiger partial charge in [0.25, 0.3) is 5.91 Å². The minimum Gasteiger partial charge on any atom is -0.491 e. The van der Waals surface area contributed by atoms with E-state index >= 15 is 0 Å². The Morgan fingerprint density at radius 1 is 1.19 bits per heavy atom. The molecule has 4 heterocycles. The zero-order valence-electron chi connectivity index (χ0n) is 21.4. The number of benzene rings is 1. The van der Waals surface area contributed by atoms with Gasteiger partial charge in [-0.05, 0) is 72.0 Å². The highest BCUT2D eigenvalue weighted by Crippen LogP contribution is 2.34. The number of hydrogen-bond acceptors (Lipinski definition) is 6. The molecule has 196 valence electrons. The Morgan fingerprint density at radius 3 is 2.73 bits per heavy atom. The van der Waals surface area contributed by atoms with Gasteiger partial charge in [0.2, 0.25) is 5.91 Å². The molecule has 0 bridgehead atoms. The van der Waals surface area contributed by atoms with Crippen LogP contribution in [0.1, 0.15) is 65.2 Å². The number of carbonyl (C=O) groups is 2. The molecule has 8 heteroatoms. The van der Waals surface area contributed by atoms with Crippen molar-refractivity contribution >= 4 is 23.2 Å². The Kier molecular flexibility index (Phi) is 7.96. The lowest BCUT2D eigenvalue weighted by atomic mass is 10.00. The van der Waals surface area contributed by atoms with Crippen molar-refractivity contribution in [3.8, 4) is 5.75 Å². The fourth-order valence-electron chi connectivity index (χ4n) is 5.06. The summed E-state index contributed by atoms with van der Waals surface area (Å²) in [6.45, 7) is 6.30. The predicted octanol–water partition coefficient (Wildman–Crippen LogP) is 5.29. The van der Waals surface area contributed by atoms with E-state index in [1.165, 1.54) is 16.7 Å². The molecular formula is C29H34N2O5S. The van der Waals surface area contributed by atoms with Crippen molar-refractivity contribution < 1.29 is 23.5 Å². The van der Waals surface area contributed by atoms with E-state index in [9.17, 15) is 9.59 Å². The third kappa shape index (κ3) is 5.91. The van der Waals surface area contributed by atoms with Gasteiger partial charge >= 0.3 is 0 Å². The first-order valence-electron chi connectivity index (χ1n) is 13.0. The maximum Gasteiger partial charge on any atom is 0.290 e. The molecule has 0 spiro atoms. The molecule has 0 radical (unpaired) electrons. The van der Waals surface area contributed by atoms with Crippen molar-refractivity contribution in [1.82, 2.24) is 9.80 Å². The van der Waals surface area contributed by atoms with Gasteiger partial charge in [-0.1, -0.05) is 26.0 Å². The molecule has 2 aromatic heterocycles. The first kappa shape index (κ1) is 25.5. The molecule has 2 atom stereocenters. The monoisotopic (exact) mass is 522 g/mol. The Balaban J connectivity index is 1.32. The Hall–Kier alpha value is -3.10. The maximum absolute atomic E-state index is 13.7. The van der Waals surface area contributed by atoms with Crippen molar-refractivity contribution in [1.29, 1.82) is 0 Å². The van der Waals surface area contributed by atoms with Gasteiger partial charge in [-0.25, -0.2) is 0 Å². The SMILES string of the molecule is CC(C)c1ccc(OCC2c3ccsc3CCN2C(=O)CN(CC2CCCO2)C(=O)c2ccco2)cc1. The highest BCUT2D eigenvalue weighted by molar-refractivity contribution is 7.10. The fraction of sp³-hybridized carbons (Fsp3) is 0.448. The van der Waals surface area contributed by atoms with Crippen LogP contribution in [0.15, 0.2) is 58.5 Å². The second-order valence-corrected chi connectivity index (χ2v) is 11.0. The van der Waals surface area contributed by atoms with E-state index in [0.717, 1.165) is 30.6 Å². The van der Waals surface area contributed by atoms with E-state index in [2.05, 4.69) is 37.4 Å². The maximum atomic E-state index is 13.7. The van der Waals surface area contributed by atoms with E-state index in [0.29, 0.717) is 32.2 Å². The zero-order chi connectivity index (χ0) is 25.8. The molecule has 1 saturated heterocycles. The van der Waals surface area contributed by atoms with Crippen molar-refractivity contribution in [2.24, 2.45) is 0 Å². The van der Waals surface area contributed by atoms with Crippen LogP contribution < -0.4 is 4.74 Å². The van der Waals surface area contributed by atoms with Gasteiger partial charge in [0.15, 0.2) is 5.76 Å². The van der Waals surface area contributed by atoms with Crippen LogP contribution in [0.4, 0.5) is 0 Å². The summed E-state index contributed by atoms with van der Waals surface area (Å²) in [4.78, 5) is 31.7. The third-order valence-corrected chi connectivity index (χ3v) is 8.16. The topological polar surface area (TPSA) is 72.2 Å². The molecule has 2 unspecified atom stereocenters. The van der Waals surface area contributed by atoms with E-state index in [4.69, 9.17) is 13.9 Å². The van der Waals surface area contributed by atoms with E-state index in [1.807, 2.05) is 17.0 Å². The number of furan rings is 1. The van der Waals surface area contributed by atoms with E-state index in [1.54, 1.807) is 28.4 Å². The summed E-state index contributed by atoms with van der Waals surface area (Å²) in [6.07, 6.45) is 4.06. The number of amides is 2. The third-order valence-electron chi connectivity index (χ3n) is 7.16. The van der Waals surface area contributed by atoms with Crippen LogP contribution in [0.25, 0.3) is 0 Å². The molecule has 2 aliphatic rings. The molecule has 7 nitrogen and oxygen atoms in total. The molecule has 37 heavy (non-hydrogen) atoms. The molecule has 2 aliphatic heterocycles. The molecular weight excluding hydrogens is 488 g/mol. The Labute approximate surface area is 222 Å². The van der Waals surface area contributed by atoms with Gasteiger partial charge in [-0.3, -0.25) is 9.59 Å². The number of fused-ring (bicyclic) bond motifs is 1. The molecule has 0 saturated carbocycles. The first-order chi connectivity index (χ1) is 18.0. The van der Waals surface area contributed by atoms with Crippen LogP contribution in [0, 0.1) is 0 Å². The Bertz CT molecular complexity index is 1180. The fourth-order valence-corrected chi connectivity index (χ4v) is 5.99. The molecule has 2 amide bonds. The van der Waals surface area contributed by atoms with Crippen molar-refractivity contribution in [2.45, 2.75) is 51.2 Å². The largest absolute Gasteiger partial charge is 0.491 e. The minimum absolute atomic E-state index is 0.0293. The van der Waals surface area contributed by atoms with Crippen molar-refractivity contribution in [2.75, 3.05) is 32.8 Å². The quantitative estimate of drug-likeness (QED) is 0.382. The lowest BCUT2D eigenvalue weighted by molar-refractivity contribution is -0.135. The van der Waals surface area contributed by atoms with Crippen LogP contribution >= 0.6 is 11.3 Å². The average molecular weight is 523 g/mol. The number of rotatable bonds is 9. The van der Waals surface area contributed by atoms with Gasteiger partial charge in [-0.15, -0.1) is 11.3 Å². The normalized spacial score (nSPS) is 19.2. The summed E-state index contributed by atoms with van der Waals surface area (Å²) >= 11 is 1.72. The molecule has 1 fully saturated rings. The Morgan fingerprint density at radius 2 is 2.03 bits per heavy atom. The lowest BCUT2D eigenvalue weighted by Crippen LogP contribution is -2.49. The standard InChI is InChI=1S/C29H34N2O5S/c1-20(2)21-7-9-22(10-8-21)36-19-25-24-12-16-37-27(24)11-13-31(25)28(32)18-30(17-23-5-3-14-34-23)29(33)26-6-4-15-35-26/h4,6-10,12,15-16,20,23,25H,3,5,11,13-14,17-19H2,1-2H3. The first-order valence-corrected chi connectivity index (χ1v) is 13.9. The number of hydrogen-bond donors (Lipinski definition) is 0. The second kappa shape index (κ2) is 11.5. The number of nitrogens with zero attached hydrogens (tertiary/aromatic N) is 2. The van der Waals surface area contributed by atoms with Crippen molar-refractivity contribution in [3.63, 3.8) is 0 Å². The predicted molar refractivity (Wildman–Crippen MR) is 142 cm³/mol. The van der Waals surface area contributed by atoms with Crippen molar-refractivity contribution in [3.05, 3.63) is 75.9 Å². The highest BCUT2D eigenvalue weighted by atomic mass is 32.1. The van der Waals surface area contributed by atoms with Gasteiger partial charge < -0.3 is 23.7 Å². The summed E-state index contributed by atoms with van der Waals surface area (Å²) in [5.74, 6) is 1.08. The summed E-state index contributed by atoms with van der Waals surface area (Å²) in [5, 5.41) is 2.08. The van der Waals surface area contributed by atoms with Crippen LogP contribution in [0.2, 0.25) is 0 Å². The van der Waals surface area contributed by atoms with Crippen LogP contribution in [0.5, 0.6) is 5.75 Å². The van der Waals surface area contributed by atoms with E-state index in [-0.39, 0.29) is 36.3 Å². The smallest absolute Gasteiger partial charge is 0.290 e. The molecule has 1 aromatic carbocycles. The summed E-state index contributed by atoms with van der Waals surface area (Å²) in [7, 11) is 0. The molecule has 0 aliphatic carbocycles. The number of thiophene rings is 1. The molecule has 3 aromatic rings.